The van der Waals surface area contributed by atoms with E-state index >= 15 is 0 Å². The summed E-state index contributed by atoms with van der Waals surface area (Å²) in [5.41, 5.74) is 1.12. The van der Waals surface area contributed by atoms with Gasteiger partial charge in [0, 0.05) is 5.92 Å². The SMILES string of the molecule is C[C@@H](NC(=O)CSc1nnc(C2CC2)o1)c1cccc2ccccc12. The first kappa shape index (κ1) is 16.1. The van der Waals surface area contributed by atoms with Crippen LogP contribution in [0.5, 0.6) is 0 Å². The average molecular weight is 353 g/mol. The largest absolute Gasteiger partial charge is 0.416 e. The number of carbonyl (C=O) groups excluding carboxylic acids is 1. The first-order valence-electron chi connectivity index (χ1n) is 8.44. The van der Waals surface area contributed by atoms with E-state index in [9.17, 15) is 4.79 Å². The number of aromatic nitrogens is 2. The molecule has 0 saturated heterocycles. The van der Waals surface area contributed by atoms with Crippen molar-refractivity contribution in [3.63, 3.8) is 0 Å². The van der Waals surface area contributed by atoms with Crippen LogP contribution in [0.3, 0.4) is 0 Å². The van der Waals surface area contributed by atoms with Crippen molar-refractivity contribution in [3.8, 4) is 0 Å². The summed E-state index contributed by atoms with van der Waals surface area (Å²) in [6.45, 7) is 2.00. The molecule has 1 atom stereocenters. The summed E-state index contributed by atoms with van der Waals surface area (Å²) >= 11 is 1.28. The van der Waals surface area contributed by atoms with Gasteiger partial charge < -0.3 is 9.73 Å². The first-order chi connectivity index (χ1) is 12.2. The Bertz CT molecular complexity index is 899. The molecular weight excluding hydrogens is 334 g/mol. The summed E-state index contributed by atoms with van der Waals surface area (Å²) in [4.78, 5) is 12.3. The highest BCUT2D eigenvalue weighted by Gasteiger charge is 2.29. The van der Waals surface area contributed by atoms with E-state index < -0.39 is 0 Å². The number of hydrogen-bond acceptors (Lipinski definition) is 5. The van der Waals surface area contributed by atoms with Crippen molar-refractivity contribution in [2.24, 2.45) is 0 Å². The van der Waals surface area contributed by atoms with Gasteiger partial charge in [-0.1, -0.05) is 54.2 Å². The zero-order valence-electron chi connectivity index (χ0n) is 13.9. The Labute approximate surface area is 150 Å². The fourth-order valence-corrected chi connectivity index (χ4v) is 3.47. The Hall–Kier alpha value is -2.34. The highest BCUT2D eigenvalue weighted by molar-refractivity contribution is 7.99. The molecule has 0 spiro atoms. The van der Waals surface area contributed by atoms with Crippen LogP contribution in [0.2, 0.25) is 0 Å². The molecule has 1 aromatic heterocycles. The molecule has 2 aromatic carbocycles. The molecule has 4 rings (SSSR count). The number of amides is 1. The van der Waals surface area contributed by atoms with Crippen LogP contribution in [-0.4, -0.2) is 21.9 Å². The molecule has 5 nitrogen and oxygen atoms in total. The van der Waals surface area contributed by atoms with Gasteiger partial charge in [-0.15, -0.1) is 10.2 Å². The molecule has 1 N–H and O–H groups in total. The van der Waals surface area contributed by atoms with Gasteiger partial charge in [-0.3, -0.25) is 4.79 Å². The lowest BCUT2D eigenvalue weighted by molar-refractivity contribution is -0.119. The van der Waals surface area contributed by atoms with Crippen LogP contribution < -0.4 is 5.32 Å². The molecule has 1 aliphatic carbocycles. The van der Waals surface area contributed by atoms with Gasteiger partial charge in [0.25, 0.3) is 5.22 Å². The number of hydrogen-bond donors (Lipinski definition) is 1. The molecular formula is C19H19N3O2S. The van der Waals surface area contributed by atoms with Gasteiger partial charge in [0.15, 0.2) is 0 Å². The first-order valence-corrected chi connectivity index (χ1v) is 9.42. The van der Waals surface area contributed by atoms with Gasteiger partial charge in [0.1, 0.15) is 0 Å². The number of rotatable bonds is 6. The van der Waals surface area contributed by atoms with E-state index in [2.05, 4.69) is 39.8 Å². The Morgan fingerprint density at radius 1 is 1.24 bits per heavy atom. The van der Waals surface area contributed by atoms with Gasteiger partial charge in [-0.05, 0) is 36.1 Å². The van der Waals surface area contributed by atoms with E-state index in [4.69, 9.17) is 4.42 Å². The fourth-order valence-electron chi connectivity index (χ4n) is 2.89. The summed E-state index contributed by atoms with van der Waals surface area (Å²) in [6, 6.07) is 14.3. The molecule has 1 heterocycles. The van der Waals surface area contributed by atoms with Crippen LogP contribution in [0, 0.1) is 0 Å². The summed E-state index contributed by atoms with van der Waals surface area (Å²) in [6.07, 6.45) is 2.24. The second-order valence-corrected chi connectivity index (χ2v) is 7.25. The van der Waals surface area contributed by atoms with Crippen LogP contribution in [-0.2, 0) is 4.79 Å². The zero-order chi connectivity index (χ0) is 17.2. The second-order valence-electron chi connectivity index (χ2n) is 6.33. The minimum atomic E-state index is -0.0658. The maximum atomic E-state index is 12.3. The van der Waals surface area contributed by atoms with Gasteiger partial charge in [-0.2, -0.15) is 0 Å². The standard InChI is InChI=1S/C19H19N3O2S/c1-12(15-8-4-6-13-5-2-3-7-16(13)15)20-17(23)11-25-19-22-21-18(24-19)14-9-10-14/h2-8,12,14H,9-11H2,1H3,(H,20,23)/t12-/m1/s1. The second kappa shape index (κ2) is 6.88. The van der Waals surface area contributed by atoms with Crippen molar-refractivity contribution >= 4 is 28.4 Å². The molecule has 3 aromatic rings. The Kier molecular flexibility index (Phi) is 4.44. The summed E-state index contributed by atoms with van der Waals surface area (Å²) in [5, 5.41) is 13.9. The van der Waals surface area contributed by atoms with E-state index in [-0.39, 0.29) is 17.7 Å². The van der Waals surface area contributed by atoms with Crippen LogP contribution in [0.15, 0.2) is 52.1 Å². The maximum Gasteiger partial charge on any atom is 0.277 e. The van der Waals surface area contributed by atoms with Gasteiger partial charge in [0.05, 0.1) is 11.8 Å². The monoisotopic (exact) mass is 353 g/mol. The van der Waals surface area contributed by atoms with Crippen molar-refractivity contribution in [1.29, 1.82) is 0 Å². The van der Waals surface area contributed by atoms with Crippen molar-refractivity contribution in [1.82, 2.24) is 15.5 Å². The number of carbonyl (C=O) groups is 1. The van der Waals surface area contributed by atoms with Crippen LogP contribution in [0.4, 0.5) is 0 Å². The summed E-state index contributed by atoms with van der Waals surface area (Å²) in [7, 11) is 0. The third-order valence-electron chi connectivity index (χ3n) is 4.34. The maximum absolute atomic E-state index is 12.3. The van der Waals surface area contributed by atoms with Gasteiger partial charge in [0.2, 0.25) is 11.8 Å². The van der Waals surface area contributed by atoms with Crippen LogP contribution in [0.25, 0.3) is 10.8 Å². The Morgan fingerprint density at radius 2 is 2.04 bits per heavy atom. The fraction of sp³-hybridized carbons (Fsp3) is 0.316. The predicted octanol–water partition coefficient (Wildman–Crippen LogP) is 4.07. The van der Waals surface area contributed by atoms with Crippen LogP contribution >= 0.6 is 11.8 Å². The quantitative estimate of drug-likeness (QED) is 0.677. The molecule has 0 aliphatic heterocycles. The summed E-state index contributed by atoms with van der Waals surface area (Å²) < 4.78 is 5.57. The molecule has 128 valence electrons. The smallest absolute Gasteiger partial charge is 0.277 e. The van der Waals surface area contributed by atoms with E-state index in [0.717, 1.165) is 23.8 Å². The molecule has 25 heavy (non-hydrogen) atoms. The molecule has 1 aliphatic rings. The van der Waals surface area contributed by atoms with Crippen molar-refractivity contribution < 1.29 is 9.21 Å². The minimum absolute atomic E-state index is 0.0448. The lowest BCUT2D eigenvalue weighted by Crippen LogP contribution is -2.28. The predicted molar refractivity (Wildman–Crippen MR) is 97.5 cm³/mol. The van der Waals surface area contributed by atoms with Gasteiger partial charge >= 0.3 is 0 Å². The molecule has 6 heteroatoms. The van der Waals surface area contributed by atoms with Crippen molar-refractivity contribution in [2.75, 3.05) is 5.75 Å². The summed E-state index contributed by atoms with van der Waals surface area (Å²) in [5.74, 6) is 1.35. The lowest BCUT2D eigenvalue weighted by atomic mass is 10.00. The third-order valence-corrected chi connectivity index (χ3v) is 5.16. The Morgan fingerprint density at radius 3 is 2.88 bits per heavy atom. The molecule has 1 saturated carbocycles. The van der Waals surface area contributed by atoms with E-state index in [0.29, 0.717) is 17.0 Å². The molecule has 0 radical (unpaired) electrons. The lowest BCUT2D eigenvalue weighted by Gasteiger charge is -2.16. The number of nitrogens with one attached hydrogen (secondary N) is 1. The van der Waals surface area contributed by atoms with Gasteiger partial charge in [-0.25, -0.2) is 0 Å². The highest BCUT2D eigenvalue weighted by atomic mass is 32.2. The number of nitrogens with zero attached hydrogens (tertiary/aromatic N) is 2. The Balaban J connectivity index is 1.37. The number of benzene rings is 2. The zero-order valence-corrected chi connectivity index (χ0v) is 14.8. The molecule has 0 bridgehead atoms. The number of fused-ring (bicyclic) bond motifs is 1. The van der Waals surface area contributed by atoms with E-state index in [1.807, 2.05) is 25.1 Å². The van der Waals surface area contributed by atoms with Crippen LogP contribution in [0.1, 0.15) is 43.2 Å². The normalized spacial score (nSPS) is 15.2. The van der Waals surface area contributed by atoms with E-state index in [1.165, 1.54) is 17.1 Å². The van der Waals surface area contributed by atoms with Crippen molar-refractivity contribution in [3.05, 3.63) is 53.9 Å². The molecule has 0 unspecified atom stereocenters. The van der Waals surface area contributed by atoms with E-state index in [1.54, 1.807) is 0 Å². The third kappa shape index (κ3) is 3.69. The van der Waals surface area contributed by atoms with Crippen molar-refractivity contribution in [2.45, 2.75) is 36.9 Å². The topological polar surface area (TPSA) is 68.0 Å². The number of thioether (sulfide) groups is 1. The minimum Gasteiger partial charge on any atom is -0.416 e. The molecule has 1 amide bonds. The molecule has 1 fully saturated rings. The average Bonchev–Trinajstić information content (AvgIpc) is 3.37. The highest BCUT2D eigenvalue weighted by Crippen LogP contribution is 2.39.